The number of carbonyl (C=O) groups excluding carboxylic acids is 1. The highest BCUT2D eigenvalue weighted by atomic mass is 35.5. The molecule has 3 aliphatic rings. The molecule has 2 fully saturated rings. The molecule has 2 aliphatic carbocycles. The number of fused-ring (bicyclic) bond motifs is 1. The van der Waals surface area contributed by atoms with E-state index in [4.69, 9.17) is 11.6 Å². The van der Waals surface area contributed by atoms with Crippen molar-refractivity contribution < 1.29 is 4.79 Å². The second-order valence-electron chi connectivity index (χ2n) is 10.2. The van der Waals surface area contributed by atoms with E-state index in [0.717, 1.165) is 60.8 Å². The maximum atomic E-state index is 13.5. The molecule has 1 N–H and O–H groups in total. The van der Waals surface area contributed by atoms with E-state index in [1.165, 1.54) is 24.8 Å². The smallest absolute Gasteiger partial charge is 0.260 e. The van der Waals surface area contributed by atoms with E-state index >= 15 is 0 Å². The summed E-state index contributed by atoms with van der Waals surface area (Å²) in [7, 11) is 1.99. The van der Waals surface area contributed by atoms with Crippen molar-refractivity contribution in [3.05, 3.63) is 69.9 Å². The van der Waals surface area contributed by atoms with Crippen LogP contribution < -0.4 is 10.2 Å². The van der Waals surface area contributed by atoms with Crippen molar-refractivity contribution in [3.63, 3.8) is 0 Å². The highest BCUT2D eigenvalue weighted by Gasteiger charge is 2.41. The molecule has 0 saturated heterocycles. The van der Waals surface area contributed by atoms with E-state index in [1.807, 2.05) is 23.7 Å². The number of pyridine rings is 1. The number of aryl methyl sites for hydroxylation is 1. The minimum atomic E-state index is -0.00311. The van der Waals surface area contributed by atoms with E-state index in [0.29, 0.717) is 17.5 Å². The summed E-state index contributed by atoms with van der Waals surface area (Å²) in [4.78, 5) is 19.7. The second-order valence-corrected chi connectivity index (χ2v) is 10.5. The van der Waals surface area contributed by atoms with Gasteiger partial charge in [-0.2, -0.15) is 0 Å². The van der Waals surface area contributed by atoms with Gasteiger partial charge in [-0.05, 0) is 73.0 Å². The summed E-state index contributed by atoms with van der Waals surface area (Å²) in [5, 5.41) is 12.3. The highest BCUT2D eigenvalue weighted by molar-refractivity contribution is 6.29. The van der Waals surface area contributed by atoms with Crippen LogP contribution in [0.4, 0.5) is 5.82 Å². The van der Waals surface area contributed by atoms with Crippen LogP contribution in [-0.2, 0) is 32.0 Å². The molecule has 1 aliphatic heterocycles. The van der Waals surface area contributed by atoms with Crippen molar-refractivity contribution in [1.82, 2.24) is 25.1 Å². The Bertz CT molecular complexity index is 1250. The average molecular weight is 477 g/mol. The Morgan fingerprint density at radius 1 is 1.21 bits per heavy atom. The quantitative estimate of drug-likeness (QED) is 0.493. The van der Waals surface area contributed by atoms with E-state index in [9.17, 15) is 4.79 Å². The number of aromatic nitrogens is 4. The SMILES string of the molecule is Cn1cnnc1CC1(c2ccc3c(c2)C(=O)N(c2cc(CNCC4CC4)cc(Cl)n2)C3)CCC1. The van der Waals surface area contributed by atoms with Crippen molar-refractivity contribution in [2.75, 3.05) is 11.4 Å². The van der Waals surface area contributed by atoms with Gasteiger partial charge in [0, 0.05) is 31.0 Å². The summed E-state index contributed by atoms with van der Waals surface area (Å²) in [6.45, 7) is 2.28. The third kappa shape index (κ3) is 4.01. The molecule has 176 valence electrons. The molecule has 6 rings (SSSR count). The number of nitrogens with zero attached hydrogens (tertiary/aromatic N) is 5. The lowest BCUT2D eigenvalue weighted by atomic mass is 9.62. The van der Waals surface area contributed by atoms with Crippen LogP contribution in [0.1, 0.15) is 65.0 Å². The number of amides is 1. The van der Waals surface area contributed by atoms with Gasteiger partial charge in [0.25, 0.3) is 5.91 Å². The summed E-state index contributed by atoms with van der Waals surface area (Å²) in [5.74, 6) is 2.42. The molecule has 0 spiro atoms. The number of hydrogen-bond acceptors (Lipinski definition) is 5. The Morgan fingerprint density at radius 2 is 2.06 bits per heavy atom. The Balaban J connectivity index is 1.24. The van der Waals surface area contributed by atoms with Gasteiger partial charge < -0.3 is 9.88 Å². The van der Waals surface area contributed by atoms with Crippen LogP contribution in [0.5, 0.6) is 0 Å². The van der Waals surface area contributed by atoms with Gasteiger partial charge in [0.05, 0.1) is 6.54 Å². The molecule has 0 radical (unpaired) electrons. The fourth-order valence-corrected chi connectivity index (χ4v) is 5.50. The first-order valence-corrected chi connectivity index (χ1v) is 12.5. The molecule has 2 aromatic heterocycles. The van der Waals surface area contributed by atoms with Gasteiger partial charge in [-0.1, -0.05) is 30.2 Å². The largest absolute Gasteiger partial charge is 0.321 e. The number of carbonyl (C=O) groups is 1. The average Bonchev–Trinajstić information content (AvgIpc) is 3.44. The molecule has 0 atom stereocenters. The zero-order chi connectivity index (χ0) is 23.3. The summed E-state index contributed by atoms with van der Waals surface area (Å²) in [5.41, 5.74) is 4.11. The number of benzene rings is 1. The van der Waals surface area contributed by atoms with Gasteiger partial charge in [-0.3, -0.25) is 9.69 Å². The van der Waals surface area contributed by atoms with Crippen LogP contribution >= 0.6 is 11.6 Å². The van der Waals surface area contributed by atoms with Crippen LogP contribution in [-0.4, -0.2) is 32.2 Å². The fourth-order valence-electron chi connectivity index (χ4n) is 5.27. The van der Waals surface area contributed by atoms with Crippen LogP contribution in [0.25, 0.3) is 0 Å². The monoisotopic (exact) mass is 476 g/mol. The van der Waals surface area contributed by atoms with E-state index in [2.05, 4.69) is 38.7 Å². The van der Waals surface area contributed by atoms with Crippen LogP contribution in [0, 0.1) is 5.92 Å². The standard InChI is InChI=1S/C26H29ClN6O/c1-32-16-29-31-24(32)12-26(7-2-8-26)20-6-5-19-15-33(25(34)21(19)11-20)23-10-18(9-22(27)30-23)14-28-13-17-3-4-17/h5-6,9-11,16-17,28H,2-4,7-8,12-15H2,1H3. The van der Waals surface area contributed by atoms with Crippen LogP contribution in [0.15, 0.2) is 36.7 Å². The van der Waals surface area contributed by atoms with Crippen LogP contribution in [0.3, 0.4) is 0 Å². The van der Waals surface area contributed by atoms with Crippen LogP contribution in [0.2, 0.25) is 5.15 Å². The van der Waals surface area contributed by atoms with Gasteiger partial charge in [0.2, 0.25) is 0 Å². The maximum Gasteiger partial charge on any atom is 0.260 e. The van der Waals surface area contributed by atoms with Crippen molar-refractivity contribution in [1.29, 1.82) is 0 Å². The van der Waals surface area contributed by atoms with Gasteiger partial charge in [0.15, 0.2) is 0 Å². The first kappa shape index (κ1) is 21.7. The van der Waals surface area contributed by atoms with Crippen molar-refractivity contribution in [2.45, 2.75) is 57.0 Å². The number of nitrogens with one attached hydrogen (secondary N) is 1. The summed E-state index contributed by atoms with van der Waals surface area (Å²) >= 11 is 6.34. The number of rotatable bonds is 8. The highest BCUT2D eigenvalue weighted by Crippen LogP contribution is 2.47. The number of halogens is 1. The fraction of sp³-hybridized carbons (Fsp3) is 0.462. The van der Waals surface area contributed by atoms with E-state index < -0.39 is 0 Å². The molecule has 3 aromatic rings. The molecule has 1 amide bonds. The minimum Gasteiger partial charge on any atom is -0.321 e. The molecular formula is C26H29ClN6O. The number of anilines is 1. The Hall–Kier alpha value is -2.77. The lowest BCUT2D eigenvalue weighted by Gasteiger charge is -2.42. The van der Waals surface area contributed by atoms with Crippen molar-refractivity contribution in [3.8, 4) is 0 Å². The van der Waals surface area contributed by atoms with Crippen molar-refractivity contribution in [2.24, 2.45) is 13.0 Å². The molecule has 8 heteroatoms. The lowest BCUT2D eigenvalue weighted by Crippen LogP contribution is -2.37. The Kier molecular flexibility index (Phi) is 5.41. The predicted molar refractivity (Wildman–Crippen MR) is 131 cm³/mol. The second kappa shape index (κ2) is 8.47. The number of hydrogen-bond donors (Lipinski definition) is 1. The summed E-state index contributed by atoms with van der Waals surface area (Å²) < 4.78 is 1.99. The van der Waals surface area contributed by atoms with Gasteiger partial charge >= 0.3 is 0 Å². The molecule has 2 saturated carbocycles. The molecular weight excluding hydrogens is 448 g/mol. The maximum absolute atomic E-state index is 13.5. The minimum absolute atomic E-state index is 0.00311. The molecule has 1 aromatic carbocycles. The third-order valence-corrected chi connectivity index (χ3v) is 7.91. The first-order valence-electron chi connectivity index (χ1n) is 12.2. The molecule has 34 heavy (non-hydrogen) atoms. The Morgan fingerprint density at radius 3 is 2.76 bits per heavy atom. The summed E-state index contributed by atoms with van der Waals surface area (Å²) in [6, 6.07) is 10.3. The lowest BCUT2D eigenvalue weighted by molar-refractivity contribution is 0.0995. The first-order chi connectivity index (χ1) is 16.5. The molecule has 7 nitrogen and oxygen atoms in total. The molecule has 0 bridgehead atoms. The van der Waals surface area contributed by atoms with Gasteiger partial charge in [-0.25, -0.2) is 4.98 Å². The summed E-state index contributed by atoms with van der Waals surface area (Å²) in [6.07, 6.45) is 8.62. The van der Waals surface area contributed by atoms with Gasteiger partial charge in [-0.15, -0.1) is 10.2 Å². The molecule has 0 unspecified atom stereocenters. The Labute approximate surface area is 204 Å². The van der Waals surface area contributed by atoms with E-state index in [1.54, 1.807) is 11.2 Å². The van der Waals surface area contributed by atoms with Crippen molar-refractivity contribution >= 4 is 23.3 Å². The predicted octanol–water partition coefficient (Wildman–Crippen LogP) is 4.19. The zero-order valence-corrected chi connectivity index (χ0v) is 20.2. The third-order valence-electron chi connectivity index (χ3n) is 7.71. The zero-order valence-electron chi connectivity index (χ0n) is 19.4. The van der Waals surface area contributed by atoms with E-state index in [-0.39, 0.29) is 11.3 Å². The molecule has 3 heterocycles. The normalized spacial score (nSPS) is 18.8. The van der Waals surface area contributed by atoms with Gasteiger partial charge in [0.1, 0.15) is 23.1 Å². The topological polar surface area (TPSA) is 75.9 Å².